The van der Waals surface area contributed by atoms with E-state index in [-0.39, 0.29) is 30.4 Å². The average Bonchev–Trinajstić information content (AvgIpc) is 3.42. The van der Waals surface area contributed by atoms with Gasteiger partial charge >= 0.3 is 18.1 Å². The maximum atomic E-state index is 12.9. The summed E-state index contributed by atoms with van der Waals surface area (Å²) in [4.78, 5) is 45.2. The van der Waals surface area contributed by atoms with Crippen LogP contribution in [-0.2, 0) is 16.1 Å². The minimum atomic E-state index is -4.91. The fourth-order valence-corrected chi connectivity index (χ4v) is 6.30. The van der Waals surface area contributed by atoms with Crippen molar-refractivity contribution in [2.24, 2.45) is 0 Å². The second-order valence-corrected chi connectivity index (χ2v) is 13.9. The Morgan fingerprint density at radius 2 is 1.92 bits per heavy atom. The molecule has 1 atom stereocenters. The predicted molar refractivity (Wildman–Crippen MR) is 187 cm³/mol. The van der Waals surface area contributed by atoms with E-state index in [4.69, 9.17) is 16.3 Å². The molecule has 12 nitrogen and oxygen atoms in total. The van der Waals surface area contributed by atoms with E-state index in [1.165, 1.54) is 23.2 Å². The van der Waals surface area contributed by atoms with Crippen LogP contribution in [0.2, 0.25) is 5.02 Å². The number of benzene rings is 2. The summed E-state index contributed by atoms with van der Waals surface area (Å²) in [6.45, 7) is 5.88. The first kappa shape index (κ1) is 37.2. The lowest BCUT2D eigenvalue weighted by atomic mass is 10.1. The molecule has 2 aromatic carbocycles. The lowest BCUT2D eigenvalue weighted by Crippen LogP contribution is -2.39. The largest absolute Gasteiger partial charge is 0.573 e. The van der Waals surface area contributed by atoms with Crippen LogP contribution in [-0.4, -0.2) is 68.0 Å². The quantitative estimate of drug-likeness (QED) is 0.0754. The van der Waals surface area contributed by atoms with Crippen molar-refractivity contribution in [1.82, 2.24) is 29.7 Å². The van der Waals surface area contributed by atoms with Gasteiger partial charge in [0, 0.05) is 55.4 Å². The van der Waals surface area contributed by atoms with Gasteiger partial charge in [0.25, 0.3) is 0 Å². The van der Waals surface area contributed by atoms with E-state index in [1.54, 1.807) is 33.0 Å². The Morgan fingerprint density at radius 1 is 1.15 bits per heavy atom. The normalized spacial score (nSPS) is 12.0. The van der Waals surface area contributed by atoms with Crippen molar-refractivity contribution in [3.05, 3.63) is 69.9 Å². The number of nitrogens with zero attached hydrogens (tertiary/aromatic N) is 4. The first-order valence-corrected chi connectivity index (χ1v) is 19.0. The molecule has 4 aromatic rings. The van der Waals surface area contributed by atoms with E-state index < -0.39 is 29.5 Å². The Bertz CT molecular complexity index is 1820. The molecule has 2 aromatic heterocycles. The minimum Gasteiger partial charge on any atom is -0.444 e. The second-order valence-electron chi connectivity index (χ2n) is 11.5. The number of fused-ring (bicyclic) bond motifs is 1. The summed E-state index contributed by atoms with van der Waals surface area (Å²) in [5, 5.41) is 11.3. The number of carbonyl (C=O) groups is 2. The monoisotopic (exact) mass is 821 g/mol. The Labute approximate surface area is 293 Å². The summed E-state index contributed by atoms with van der Waals surface area (Å²) >= 11 is 8.23. The molecule has 0 saturated carbocycles. The number of nitrogens with one attached hydrogen (secondary N) is 3. The molecule has 0 aliphatic carbocycles. The van der Waals surface area contributed by atoms with E-state index >= 15 is 0 Å². The molecule has 1 unspecified atom stereocenters. The number of anilines is 1. The molecule has 2 amide bonds. The molecule has 0 aliphatic rings. The molecule has 0 saturated heterocycles. The van der Waals surface area contributed by atoms with E-state index in [2.05, 4.69) is 52.5 Å². The van der Waals surface area contributed by atoms with Crippen molar-refractivity contribution in [3.8, 4) is 17.0 Å². The molecular weight excluding hydrogens is 789 g/mol. The summed E-state index contributed by atoms with van der Waals surface area (Å²) in [7, 11) is 0. The van der Waals surface area contributed by atoms with Crippen molar-refractivity contribution in [3.63, 3.8) is 0 Å². The van der Waals surface area contributed by atoms with E-state index in [0.29, 0.717) is 37.1 Å². The smallest absolute Gasteiger partial charge is 0.444 e. The van der Waals surface area contributed by atoms with Crippen LogP contribution < -0.4 is 21.1 Å². The van der Waals surface area contributed by atoms with Gasteiger partial charge in [0.05, 0.1) is 28.8 Å². The molecule has 0 aliphatic heterocycles. The fourth-order valence-electron chi connectivity index (χ4n) is 4.53. The SMILES string of the molecule is CC(C)(C)OC(=O)N(CCC(=O)NCCCNc1cc(-c2ccnc(=O)[nH]2)cc2c1cnn2PI)Cc1ccc(OC(F)(F)F)c(Cl)c1. The van der Waals surface area contributed by atoms with Gasteiger partial charge in [-0.25, -0.2) is 19.0 Å². The van der Waals surface area contributed by atoms with Crippen molar-refractivity contribution in [1.29, 1.82) is 0 Å². The number of aromatic nitrogens is 4. The van der Waals surface area contributed by atoms with E-state index in [1.807, 2.05) is 16.6 Å². The summed E-state index contributed by atoms with van der Waals surface area (Å²) in [6, 6.07) is 9.28. The van der Waals surface area contributed by atoms with Crippen LogP contribution in [0, 0.1) is 0 Å². The highest BCUT2D eigenvalue weighted by Crippen LogP contribution is 2.35. The highest BCUT2D eigenvalue weighted by atomic mass is 127. The van der Waals surface area contributed by atoms with Crippen LogP contribution in [0.3, 0.4) is 0 Å². The highest BCUT2D eigenvalue weighted by molar-refractivity contribution is 14.2. The molecule has 0 spiro atoms. The molecular formula is C30H33ClF3IN7O5P. The Hall–Kier alpha value is -3.63. The maximum absolute atomic E-state index is 12.9. The van der Waals surface area contributed by atoms with Gasteiger partial charge in [-0.3, -0.25) is 4.79 Å². The minimum absolute atomic E-state index is 0.0131. The number of carbonyl (C=O) groups excluding carboxylic acids is 2. The summed E-state index contributed by atoms with van der Waals surface area (Å²) < 4.78 is 49.1. The molecule has 48 heavy (non-hydrogen) atoms. The first-order chi connectivity index (χ1) is 22.6. The Morgan fingerprint density at radius 3 is 2.58 bits per heavy atom. The Balaban J connectivity index is 1.33. The van der Waals surface area contributed by atoms with Crippen molar-refractivity contribution >= 4 is 68.6 Å². The van der Waals surface area contributed by atoms with Gasteiger partial charge in [-0.1, -0.05) is 17.7 Å². The number of hydrogen-bond donors (Lipinski definition) is 3. The fraction of sp³-hybridized carbons (Fsp3) is 0.367. The van der Waals surface area contributed by atoms with Gasteiger partial charge in [0.1, 0.15) is 11.4 Å². The number of ether oxygens (including phenoxy) is 2. The highest BCUT2D eigenvalue weighted by Gasteiger charge is 2.32. The van der Waals surface area contributed by atoms with Gasteiger partial charge in [0.2, 0.25) is 5.91 Å². The number of amides is 2. The van der Waals surface area contributed by atoms with E-state index in [0.717, 1.165) is 28.2 Å². The second kappa shape index (κ2) is 16.2. The molecule has 3 N–H and O–H groups in total. The molecule has 0 fully saturated rings. The summed E-state index contributed by atoms with van der Waals surface area (Å²) in [5.41, 5.74) is 2.28. The molecule has 258 valence electrons. The zero-order valence-corrected chi connectivity index (χ0v) is 30.0. The van der Waals surface area contributed by atoms with Crippen LogP contribution in [0.25, 0.3) is 22.2 Å². The van der Waals surface area contributed by atoms with Crippen molar-refractivity contribution < 1.29 is 32.2 Å². The van der Waals surface area contributed by atoms with Gasteiger partial charge in [-0.05, 0) is 85.1 Å². The summed E-state index contributed by atoms with van der Waals surface area (Å²) in [5.74, 6) is -0.866. The number of halogens is 5. The average molecular weight is 822 g/mol. The molecule has 0 radical (unpaired) electrons. The molecule has 2 heterocycles. The number of hydrogen-bond acceptors (Lipinski definition) is 8. The Kier molecular flexibility index (Phi) is 12.5. The standard InChI is InChI=1S/C30H33ClF3IN7O5P/c1-29(2,3)47-28(45)41(17-18-5-6-25(21(31)13-18)46-30(32,33)34)12-8-26(43)37-10-4-9-36-23-14-19(22-7-11-38-27(44)40-22)15-24-20(23)16-39-42(24)48-35/h5-7,11,13-16,36,48H,4,8-10,12,17H2,1-3H3,(H,37,43)(H,38,40,44). The first-order valence-electron chi connectivity index (χ1n) is 14.6. The van der Waals surface area contributed by atoms with Gasteiger partial charge < -0.3 is 30.0 Å². The third kappa shape index (κ3) is 11.0. The van der Waals surface area contributed by atoms with Crippen LogP contribution in [0.1, 0.15) is 39.2 Å². The maximum Gasteiger partial charge on any atom is 0.573 e. The number of aromatic amines is 1. The van der Waals surface area contributed by atoms with Crippen LogP contribution in [0.15, 0.2) is 53.6 Å². The third-order valence-electron chi connectivity index (χ3n) is 6.60. The van der Waals surface area contributed by atoms with Crippen molar-refractivity contribution in [2.75, 3.05) is 25.0 Å². The van der Waals surface area contributed by atoms with Crippen LogP contribution in [0.4, 0.5) is 23.7 Å². The zero-order valence-electron chi connectivity index (χ0n) is 26.1. The van der Waals surface area contributed by atoms with Gasteiger partial charge in [-0.15, -0.1) is 13.2 Å². The third-order valence-corrected chi connectivity index (χ3v) is 8.78. The lowest BCUT2D eigenvalue weighted by molar-refractivity contribution is -0.274. The number of alkyl halides is 3. The zero-order chi connectivity index (χ0) is 35.1. The molecule has 18 heteroatoms. The number of H-pyrrole nitrogens is 1. The topological polar surface area (TPSA) is 143 Å². The van der Waals surface area contributed by atoms with Crippen molar-refractivity contribution in [2.45, 2.75) is 52.1 Å². The molecule has 4 rings (SSSR count). The number of rotatable bonds is 13. The van der Waals surface area contributed by atoms with Crippen LogP contribution >= 0.6 is 40.0 Å². The van der Waals surface area contributed by atoms with Gasteiger partial charge in [-0.2, -0.15) is 5.10 Å². The lowest BCUT2D eigenvalue weighted by Gasteiger charge is -2.27. The van der Waals surface area contributed by atoms with E-state index in [9.17, 15) is 27.6 Å². The molecule has 0 bridgehead atoms. The predicted octanol–water partition coefficient (Wildman–Crippen LogP) is 6.88. The van der Waals surface area contributed by atoms with Crippen LogP contribution in [0.5, 0.6) is 5.75 Å². The summed E-state index contributed by atoms with van der Waals surface area (Å²) in [6.07, 6.45) is -1.47. The van der Waals surface area contributed by atoms with Gasteiger partial charge in [0.15, 0.2) is 0 Å².